The predicted octanol–water partition coefficient (Wildman–Crippen LogP) is 3.07. The number of nitrogens with zero attached hydrogens (tertiary/aromatic N) is 1. The molecule has 2 aromatic carbocycles. The van der Waals surface area contributed by atoms with Crippen LogP contribution in [0.15, 0.2) is 59.5 Å². The van der Waals surface area contributed by atoms with Gasteiger partial charge in [0.05, 0.1) is 36.8 Å². The molecule has 3 atom stereocenters. The number of rotatable bonds is 13. The Bertz CT molecular complexity index is 1270. The fourth-order valence-corrected chi connectivity index (χ4v) is 5.49. The van der Waals surface area contributed by atoms with Crippen molar-refractivity contribution in [3.05, 3.63) is 60.2 Å². The van der Waals surface area contributed by atoms with Gasteiger partial charge in [0, 0.05) is 13.1 Å². The van der Waals surface area contributed by atoms with E-state index in [0.717, 1.165) is 9.87 Å². The number of alkyl carbamates (subject to hydrolysis) is 2. The Balaban J connectivity index is 2.43. The number of nitrogens with one attached hydrogen (secondary N) is 2. The van der Waals surface area contributed by atoms with Crippen LogP contribution in [-0.4, -0.2) is 91.3 Å². The minimum atomic E-state index is -4.29. The molecule has 0 fully saturated rings. The van der Waals surface area contributed by atoms with Crippen LogP contribution in [0.1, 0.15) is 47.1 Å². The summed E-state index contributed by atoms with van der Waals surface area (Å²) in [6.45, 7) is 8.58. The van der Waals surface area contributed by atoms with Crippen LogP contribution in [0.25, 0.3) is 0 Å². The van der Waals surface area contributed by atoms with E-state index in [2.05, 4.69) is 10.6 Å². The Labute approximate surface area is 254 Å². The number of ether oxygens (including phenoxy) is 3. The summed E-state index contributed by atoms with van der Waals surface area (Å²) in [5.41, 5.74) is -0.850. The number of methoxy groups -OCH3 is 1. The van der Waals surface area contributed by atoms with Crippen LogP contribution in [0.2, 0.25) is 0 Å². The maximum Gasteiger partial charge on any atom is 0.407 e. The third-order valence-electron chi connectivity index (χ3n) is 5.92. The molecular weight excluding hydrogens is 578 g/mol. The number of sulfonamides is 1. The fraction of sp³-hybridized carbons (Fsp3) is 0.533. The lowest BCUT2D eigenvalue weighted by atomic mass is 10.0. The topological polar surface area (TPSA) is 164 Å². The number of benzene rings is 2. The molecule has 0 unspecified atom stereocenters. The summed E-state index contributed by atoms with van der Waals surface area (Å²) < 4.78 is 44.5. The Hall–Kier alpha value is -3.39. The van der Waals surface area contributed by atoms with Crippen molar-refractivity contribution in [3.8, 4) is 5.75 Å². The minimum absolute atomic E-state index is 0.103. The third kappa shape index (κ3) is 12.4. The summed E-state index contributed by atoms with van der Waals surface area (Å²) in [7, 11) is -2.84. The SMILES string of the molecule is COc1ccc(S(=O)(=O)N(C[C@H](CO)NC(=O)OC(C)(C)C)C[C@@H](O)[C@H](Cc2ccccc2)NC(=O)OC(C)(C)C)cc1. The van der Waals surface area contributed by atoms with Crippen molar-refractivity contribution in [1.29, 1.82) is 0 Å². The van der Waals surface area contributed by atoms with Gasteiger partial charge < -0.3 is 35.1 Å². The summed E-state index contributed by atoms with van der Waals surface area (Å²) in [6.07, 6.45) is -2.89. The van der Waals surface area contributed by atoms with E-state index in [1.165, 1.54) is 31.4 Å². The molecule has 13 heteroatoms. The predicted molar refractivity (Wildman–Crippen MR) is 161 cm³/mol. The lowest BCUT2D eigenvalue weighted by Gasteiger charge is -2.32. The summed E-state index contributed by atoms with van der Waals surface area (Å²) >= 11 is 0. The van der Waals surface area contributed by atoms with Crippen molar-refractivity contribution in [2.75, 3.05) is 26.8 Å². The van der Waals surface area contributed by atoms with Crippen molar-refractivity contribution in [1.82, 2.24) is 14.9 Å². The number of aliphatic hydroxyl groups excluding tert-OH is 2. The number of amides is 2. The molecule has 240 valence electrons. The highest BCUT2D eigenvalue weighted by molar-refractivity contribution is 7.89. The highest BCUT2D eigenvalue weighted by atomic mass is 32.2. The van der Waals surface area contributed by atoms with Crippen LogP contribution in [0.4, 0.5) is 9.59 Å². The molecular formula is C30H45N3O9S. The van der Waals surface area contributed by atoms with E-state index in [1.54, 1.807) is 53.7 Å². The van der Waals surface area contributed by atoms with Gasteiger partial charge in [0.25, 0.3) is 0 Å². The molecule has 43 heavy (non-hydrogen) atoms. The number of carbonyl (C=O) groups is 2. The van der Waals surface area contributed by atoms with E-state index >= 15 is 0 Å². The number of hydrogen-bond donors (Lipinski definition) is 4. The molecule has 0 spiro atoms. The molecule has 0 radical (unpaired) electrons. The molecule has 0 saturated heterocycles. The first-order valence-electron chi connectivity index (χ1n) is 13.9. The quantitative estimate of drug-likeness (QED) is 0.263. The zero-order valence-electron chi connectivity index (χ0n) is 25.9. The lowest BCUT2D eigenvalue weighted by Crippen LogP contribution is -2.54. The number of hydrogen-bond acceptors (Lipinski definition) is 9. The molecule has 4 N–H and O–H groups in total. The number of aliphatic hydroxyl groups is 2. The molecule has 0 aliphatic carbocycles. The van der Waals surface area contributed by atoms with E-state index in [0.29, 0.717) is 5.75 Å². The summed E-state index contributed by atoms with van der Waals surface area (Å²) in [5.74, 6) is 0.440. The van der Waals surface area contributed by atoms with Gasteiger partial charge in [0.2, 0.25) is 10.0 Å². The van der Waals surface area contributed by atoms with Crippen molar-refractivity contribution in [2.24, 2.45) is 0 Å². The second kappa shape index (κ2) is 15.4. The van der Waals surface area contributed by atoms with Gasteiger partial charge in [0.15, 0.2) is 0 Å². The molecule has 0 aromatic heterocycles. The van der Waals surface area contributed by atoms with Crippen molar-refractivity contribution in [2.45, 2.75) is 82.2 Å². The monoisotopic (exact) mass is 623 g/mol. The lowest BCUT2D eigenvalue weighted by molar-refractivity contribution is 0.0382. The van der Waals surface area contributed by atoms with Crippen molar-refractivity contribution < 1.29 is 42.4 Å². The fourth-order valence-electron chi connectivity index (χ4n) is 3.98. The average molecular weight is 624 g/mol. The largest absolute Gasteiger partial charge is 0.497 e. The van der Waals surface area contributed by atoms with E-state index < -0.39 is 71.3 Å². The summed E-state index contributed by atoms with van der Waals surface area (Å²) in [6, 6.07) is 12.7. The van der Waals surface area contributed by atoms with Crippen LogP contribution >= 0.6 is 0 Å². The zero-order chi connectivity index (χ0) is 32.4. The third-order valence-corrected chi connectivity index (χ3v) is 7.76. The van der Waals surface area contributed by atoms with Gasteiger partial charge in [0.1, 0.15) is 17.0 Å². The summed E-state index contributed by atoms with van der Waals surface area (Å²) in [4.78, 5) is 25.0. The molecule has 2 rings (SSSR count). The van der Waals surface area contributed by atoms with Gasteiger partial charge in [-0.15, -0.1) is 0 Å². The highest BCUT2D eigenvalue weighted by Crippen LogP contribution is 2.21. The molecule has 2 aromatic rings. The Morgan fingerprint density at radius 2 is 1.40 bits per heavy atom. The summed E-state index contributed by atoms with van der Waals surface area (Å²) in [5, 5.41) is 26.6. The van der Waals surface area contributed by atoms with E-state index in [-0.39, 0.29) is 11.3 Å². The molecule has 0 bridgehead atoms. The smallest absolute Gasteiger partial charge is 0.407 e. The van der Waals surface area contributed by atoms with Crippen LogP contribution in [0.5, 0.6) is 5.75 Å². The minimum Gasteiger partial charge on any atom is -0.497 e. The van der Waals surface area contributed by atoms with Gasteiger partial charge in [-0.2, -0.15) is 4.31 Å². The second-order valence-electron chi connectivity index (χ2n) is 12.0. The van der Waals surface area contributed by atoms with Gasteiger partial charge >= 0.3 is 12.2 Å². The second-order valence-corrected chi connectivity index (χ2v) is 14.0. The Morgan fingerprint density at radius 1 is 0.860 bits per heavy atom. The maximum absolute atomic E-state index is 13.9. The van der Waals surface area contributed by atoms with Gasteiger partial charge in [-0.3, -0.25) is 0 Å². The molecule has 12 nitrogen and oxygen atoms in total. The van der Waals surface area contributed by atoms with Crippen molar-refractivity contribution in [3.63, 3.8) is 0 Å². The molecule has 0 heterocycles. The van der Waals surface area contributed by atoms with Gasteiger partial charge in [-0.05, 0) is 77.8 Å². The normalized spacial score (nSPS) is 14.4. The molecule has 2 amide bonds. The molecule has 0 saturated carbocycles. The first-order chi connectivity index (χ1) is 19.9. The first kappa shape index (κ1) is 35.8. The Morgan fingerprint density at radius 3 is 1.88 bits per heavy atom. The van der Waals surface area contributed by atoms with E-state index in [1.807, 2.05) is 18.2 Å². The van der Waals surface area contributed by atoms with E-state index in [9.17, 15) is 28.2 Å². The number of carbonyl (C=O) groups excluding carboxylic acids is 2. The van der Waals surface area contributed by atoms with Crippen molar-refractivity contribution >= 4 is 22.2 Å². The van der Waals surface area contributed by atoms with E-state index in [4.69, 9.17) is 14.2 Å². The van der Waals surface area contributed by atoms with Crippen LogP contribution in [-0.2, 0) is 25.9 Å². The molecule has 0 aliphatic rings. The highest BCUT2D eigenvalue weighted by Gasteiger charge is 2.34. The van der Waals surface area contributed by atoms with Gasteiger partial charge in [-0.1, -0.05) is 30.3 Å². The zero-order valence-corrected chi connectivity index (χ0v) is 26.7. The molecule has 0 aliphatic heterocycles. The van der Waals surface area contributed by atoms with Crippen LogP contribution < -0.4 is 15.4 Å². The van der Waals surface area contributed by atoms with Gasteiger partial charge in [-0.25, -0.2) is 18.0 Å². The van der Waals surface area contributed by atoms with Crippen LogP contribution in [0, 0.1) is 0 Å². The maximum atomic E-state index is 13.9. The Kier molecular flexibility index (Phi) is 12.8. The first-order valence-corrected chi connectivity index (χ1v) is 15.3. The average Bonchev–Trinajstić information content (AvgIpc) is 2.90. The van der Waals surface area contributed by atoms with Crippen LogP contribution in [0.3, 0.4) is 0 Å². The standard InChI is InChI=1S/C30H45N3O9S/c1-29(2,3)41-27(36)31-22(20-34)18-33(43(38,39)24-15-13-23(40-7)14-16-24)19-26(35)25(17-21-11-9-8-10-12-21)32-28(37)42-30(4,5)6/h8-16,22,25-26,34-35H,17-20H2,1-7H3,(H,31,36)(H,32,37)/t22-,25+,26-/m1/s1.